The summed E-state index contributed by atoms with van der Waals surface area (Å²) in [6, 6.07) is 1.34. The molecule has 2 aliphatic carbocycles. The van der Waals surface area contributed by atoms with Crippen LogP contribution in [0.1, 0.15) is 51.4 Å². The highest BCUT2D eigenvalue weighted by molar-refractivity contribution is 5.41. The molecule has 1 aromatic rings. The van der Waals surface area contributed by atoms with E-state index in [0.717, 1.165) is 36.8 Å². The number of anilines is 2. The number of nitrogens with zero attached hydrogens (tertiary/aromatic N) is 5. The molecule has 3 heterocycles. The third-order valence-corrected chi connectivity index (χ3v) is 6.53. The van der Waals surface area contributed by atoms with Gasteiger partial charge in [-0.1, -0.05) is 0 Å². The van der Waals surface area contributed by atoms with Gasteiger partial charge in [0.15, 0.2) is 0 Å². The average molecular weight is 299 g/mol. The van der Waals surface area contributed by atoms with Gasteiger partial charge in [0.25, 0.3) is 0 Å². The molecular weight excluding hydrogens is 274 g/mol. The van der Waals surface area contributed by atoms with Crippen molar-refractivity contribution in [2.45, 2.75) is 63.5 Å². The number of hydrogen-bond acceptors (Lipinski definition) is 5. The fourth-order valence-corrected chi connectivity index (χ4v) is 5.28. The first-order valence-corrected chi connectivity index (χ1v) is 9.09. The van der Waals surface area contributed by atoms with Crippen LogP contribution in [0.4, 0.5) is 11.9 Å². The van der Waals surface area contributed by atoms with E-state index < -0.39 is 0 Å². The SMILES string of the molecule is c1nc(N2CCC3CCC2C3)nc(N2CCC3CCC2C3)n1. The van der Waals surface area contributed by atoms with Crippen LogP contribution < -0.4 is 9.80 Å². The molecule has 118 valence electrons. The number of piperidine rings is 2. The molecule has 0 spiro atoms. The van der Waals surface area contributed by atoms with Gasteiger partial charge in [0.05, 0.1) is 0 Å². The summed E-state index contributed by atoms with van der Waals surface area (Å²) in [6.07, 6.45) is 12.5. The van der Waals surface area contributed by atoms with E-state index in [9.17, 15) is 0 Å². The lowest BCUT2D eigenvalue weighted by atomic mass is 9.99. The highest BCUT2D eigenvalue weighted by atomic mass is 15.4. The van der Waals surface area contributed by atoms with Gasteiger partial charge in [-0.3, -0.25) is 0 Å². The predicted octanol–water partition coefficient (Wildman–Crippen LogP) is 2.63. The summed E-state index contributed by atoms with van der Waals surface area (Å²) in [5.41, 5.74) is 0. The molecule has 4 fully saturated rings. The second-order valence-corrected chi connectivity index (χ2v) is 7.72. The number of fused-ring (bicyclic) bond motifs is 4. The van der Waals surface area contributed by atoms with Crippen molar-refractivity contribution in [1.29, 1.82) is 0 Å². The first-order valence-electron chi connectivity index (χ1n) is 9.09. The maximum atomic E-state index is 4.88. The van der Waals surface area contributed by atoms with Crippen molar-refractivity contribution in [1.82, 2.24) is 15.0 Å². The third kappa shape index (κ3) is 2.09. The van der Waals surface area contributed by atoms with Crippen molar-refractivity contribution in [3.63, 3.8) is 0 Å². The van der Waals surface area contributed by atoms with E-state index in [2.05, 4.69) is 19.8 Å². The van der Waals surface area contributed by atoms with Gasteiger partial charge in [-0.15, -0.1) is 0 Å². The zero-order chi connectivity index (χ0) is 14.5. The van der Waals surface area contributed by atoms with Crippen LogP contribution >= 0.6 is 0 Å². The van der Waals surface area contributed by atoms with Crippen molar-refractivity contribution in [2.75, 3.05) is 22.9 Å². The molecule has 4 aliphatic rings. The van der Waals surface area contributed by atoms with Gasteiger partial charge in [-0.2, -0.15) is 4.98 Å². The molecule has 2 saturated heterocycles. The fourth-order valence-electron chi connectivity index (χ4n) is 5.28. The number of hydrogen-bond donors (Lipinski definition) is 0. The molecule has 2 aliphatic heterocycles. The molecule has 5 rings (SSSR count). The maximum Gasteiger partial charge on any atom is 0.230 e. The Bertz CT molecular complexity index is 516. The van der Waals surface area contributed by atoms with Crippen molar-refractivity contribution in [2.24, 2.45) is 11.8 Å². The Balaban J connectivity index is 1.41. The molecule has 4 unspecified atom stereocenters. The normalized spacial score (nSPS) is 36.9. The van der Waals surface area contributed by atoms with Crippen LogP contribution in [-0.4, -0.2) is 40.1 Å². The summed E-state index contributed by atoms with van der Waals surface area (Å²) >= 11 is 0. The minimum atomic E-state index is 0.672. The monoisotopic (exact) mass is 299 g/mol. The van der Waals surface area contributed by atoms with Gasteiger partial charge in [0, 0.05) is 25.2 Å². The van der Waals surface area contributed by atoms with E-state index >= 15 is 0 Å². The molecular formula is C17H25N5. The molecule has 4 atom stereocenters. The van der Waals surface area contributed by atoms with E-state index in [4.69, 9.17) is 4.98 Å². The fraction of sp³-hybridized carbons (Fsp3) is 0.824. The van der Waals surface area contributed by atoms with Crippen LogP contribution in [-0.2, 0) is 0 Å². The highest BCUT2D eigenvalue weighted by Crippen LogP contribution is 2.40. The molecule has 0 radical (unpaired) electrons. The van der Waals surface area contributed by atoms with Crippen LogP contribution in [0.5, 0.6) is 0 Å². The topological polar surface area (TPSA) is 45.2 Å². The Morgan fingerprint density at radius 2 is 1.27 bits per heavy atom. The van der Waals surface area contributed by atoms with E-state index in [0.29, 0.717) is 12.1 Å². The molecule has 1 aromatic heterocycles. The summed E-state index contributed by atoms with van der Waals surface area (Å²) in [4.78, 5) is 18.8. The molecule has 0 aromatic carbocycles. The summed E-state index contributed by atoms with van der Waals surface area (Å²) in [6.45, 7) is 2.26. The summed E-state index contributed by atoms with van der Waals surface area (Å²) < 4.78 is 0. The molecule has 22 heavy (non-hydrogen) atoms. The van der Waals surface area contributed by atoms with Crippen molar-refractivity contribution >= 4 is 11.9 Å². The summed E-state index contributed by atoms with van der Waals surface area (Å²) in [7, 11) is 0. The van der Waals surface area contributed by atoms with E-state index in [1.807, 2.05) is 0 Å². The summed E-state index contributed by atoms with van der Waals surface area (Å²) in [5.74, 6) is 3.77. The molecule has 2 saturated carbocycles. The highest BCUT2D eigenvalue weighted by Gasteiger charge is 2.37. The first kappa shape index (κ1) is 13.1. The van der Waals surface area contributed by atoms with E-state index in [1.165, 1.54) is 51.4 Å². The van der Waals surface area contributed by atoms with Gasteiger partial charge < -0.3 is 9.80 Å². The molecule has 4 bridgehead atoms. The van der Waals surface area contributed by atoms with E-state index in [1.54, 1.807) is 6.33 Å². The van der Waals surface area contributed by atoms with Gasteiger partial charge in [-0.05, 0) is 63.2 Å². The lowest BCUT2D eigenvalue weighted by Crippen LogP contribution is -2.41. The zero-order valence-electron chi connectivity index (χ0n) is 13.2. The first-order chi connectivity index (χ1) is 10.9. The average Bonchev–Trinajstić information content (AvgIpc) is 3.12. The smallest absolute Gasteiger partial charge is 0.230 e. The second kappa shape index (κ2) is 5.07. The molecule has 0 amide bonds. The van der Waals surface area contributed by atoms with Crippen LogP contribution in [0.15, 0.2) is 6.33 Å². The minimum absolute atomic E-state index is 0.672. The Labute approximate surface area is 132 Å². The van der Waals surface area contributed by atoms with Gasteiger partial charge in [0.2, 0.25) is 11.9 Å². The van der Waals surface area contributed by atoms with E-state index in [-0.39, 0.29) is 0 Å². The lowest BCUT2D eigenvalue weighted by molar-refractivity contribution is 0.423. The number of rotatable bonds is 2. The minimum Gasteiger partial charge on any atom is -0.338 e. The Kier molecular flexibility index (Phi) is 3.01. The van der Waals surface area contributed by atoms with Gasteiger partial charge in [-0.25, -0.2) is 9.97 Å². The van der Waals surface area contributed by atoms with Crippen LogP contribution in [0.2, 0.25) is 0 Å². The largest absolute Gasteiger partial charge is 0.338 e. The van der Waals surface area contributed by atoms with Crippen molar-refractivity contribution in [3.05, 3.63) is 6.33 Å². The standard InChI is InChI=1S/C17H25N5/c1-3-14-9-12(1)5-7-21(14)16-18-11-19-17(20-16)22-8-6-13-2-4-15(22)10-13/h11-15H,1-10H2. The maximum absolute atomic E-state index is 4.88. The Hall–Kier alpha value is -1.39. The molecule has 5 nitrogen and oxygen atoms in total. The van der Waals surface area contributed by atoms with Crippen molar-refractivity contribution in [3.8, 4) is 0 Å². The third-order valence-electron chi connectivity index (χ3n) is 6.53. The zero-order valence-corrected chi connectivity index (χ0v) is 13.2. The number of aromatic nitrogens is 3. The second-order valence-electron chi connectivity index (χ2n) is 7.72. The van der Waals surface area contributed by atoms with Crippen molar-refractivity contribution < 1.29 is 0 Å². The Morgan fingerprint density at radius 1 is 0.727 bits per heavy atom. The van der Waals surface area contributed by atoms with Gasteiger partial charge >= 0.3 is 0 Å². The van der Waals surface area contributed by atoms with Gasteiger partial charge in [0.1, 0.15) is 6.33 Å². The van der Waals surface area contributed by atoms with Crippen LogP contribution in [0, 0.1) is 11.8 Å². The molecule has 0 N–H and O–H groups in total. The predicted molar refractivity (Wildman–Crippen MR) is 86.0 cm³/mol. The van der Waals surface area contributed by atoms with Crippen LogP contribution in [0.3, 0.4) is 0 Å². The quantitative estimate of drug-likeness (QED) is 0.840. The van der Waals surface area contributed by atoms with Crippen LogP contribution in [0.25, 0.3) is 0 Å². The molecule has 5 heteroatoms. The lowest BCUT2D eigenvalue weighted by Gasteiger charge is -2.35. The summed E-state index contributed by atoms with van der Waals surface area (Å²) in [5, 5.41) is 0. The Morgan fingerprint density at radius 3 is 1.82 bits per heavy atom.